The highest BCUT2D eigenvalue weighted by molar-refractivity contribution is 5.69. The number of aryl methyl sites for hydroxylation is 1. The molecule has 1 aromatic carbocycles. The van der Waals surface area contributed by atoms with E-state index in [1.165, 1.54) is 0 Å². The molecular weight excluding hydrogens is 194 g/mol. The van der Waals surface area contributed by atoms with E-state index in [9.17, 15) is 9.90 Å². The number of rotatable bonds is 1. The van der Waals surface area contributed by atoms with Crippen LogP contribution >= 0.6 is 0 Å². The van der Waals surface area contributed by atoms with Gasteiger partial charge < -0.3 is 15.2 Å². The molecule has 4 heteroatoms. The second-order valence-corrected chi connectivity index (χ2v) is 3.68. The lowest BCUT2D eigenvalue weighted by Crippen LogP contribution is -2.35. The van der Waals surface area contributed by atoms with Crippen molar-refractivity contribution < 1.29 is 14.6 Å². The van der Waals surface area contributed by atoms with E-state index in [0.29, 0.717) is 13.0 Å². The van der Waals surface area contributed by atoms with Crippen LogP contribution in [-0.4, -0.2) is 17.8 Å². The topological polar surface area (TPSA) is 58.6 Å². The number of benzene rings is 1. The number of carbonyl (C=O) groups excluding carboxylic acids is 1. The molecule has 0 spiro atoms. The van der Waals surface area contributed by atoms with Crippen LogP contribution in [0.5, 0.6) is 5.75 Å². The first-order valence-corrected chi connectivity index (χ1v) is 4.89. The first kappa shape index (κ1) is 9.83. The molecule has 15 heavy (non-hydrogen) atoms. The standard InChI is InChI=1S/C11H13NO3/c1-7-2-3-10(13)8(6-7)9-4-5-15-11(14)12-9/h2-3,6,9,13H,4-5H2,1H3,(H,12,14)/t9-/m0/s1. The van der Waals surface area contributed by atoms with Gasteiger partial charge in [-0.2, -0.15) is 0 Å². The largest absolute Gasteiger partial charge is 0.508 e. The third-order valence-corrected chi connectivity index (χ3v) is 2.49. The van der Waals surface area contributed by atoms with E-state index in [1.807, 2.05) is 19.1 Å². The Labute approximate surface area is 87.9 Å². The maximum absolute atomic E-state index is 11.0. The van der Waals surface area contributed by atoms with Crippen molar-refractivity contribution in [3.63, 3.8) is 0 Å². The van der Waals surface area contributed by atoms with Crippen molar-refractivity contribution >= 4 is 6.09 Å². The van der Waals surface area contributed by atoms with Gasteiger partial charge in [0, 0.05) is 12.0 Å². The van der Waals surface area contributed by atoms with Crippen molar-refractivity contribution in [2.45, 2.75) is 19.4 Å². The quantitative estimate of drug-likeness (QED) is 0.739. The zero-order valence-electron chi connectivity index (χ0n) is 8.49. The molecule has 2 N–H and O–H groups in total. The molecule has 1 amide bonds. The number of ether oxygens (including phenoxy) is 1. The van der Waals surface area contributed by atoms with E-state index in [0.717, 1.165) is 11.1 Å². The molecule has 0 radical (unpaired) electrons. The first-order valence-electron chi connectivity index (χ1n) is 4.89. The van der Waals surface area contributed by atoms with Crippen LogP contribution in [0.1, 0.15) is 23.6 Å². The highest BCUT2D eigenvalue weighted by Crippen LogP contribution is 2.28. The molecule has 1 fully saturated rings. The van der Waals surface area contributed by atoms with Crippen LogP contribution in [0.25, 0.3) is 0 Å². The number of hydrogen-bond donors (Lipinski definition) is 2. The Morgan fingerprint density at radius 2 is 2.33 bits per heavy atom. The highest BCUT2D eigenvalue weighted by atomic mass is 16.5. The summed E-state index contributed by atoms with van der Waals surface area (Å²) in [4.78, 5) is 11.0. The fraction of sp³-hybridized carbons (Fsp3) is 0.364. The first-order chi connectivity index (χ1) is 7.16. The Morgan fingerprint density at radius 1 is 1.53 bits per heavy atom. The van der Waals surface area contributed by atoms with E-state index in [4.69, 9.17) is 4.74 Å². The van der Waals surface area contributed by atoms with Gasteiger partial charge in [-0.25, -0.2) is 4.79 Å². The second-order valence-electron chi connectivity index (χ2n) is 3.68. The molecule has 80 valence electrons. The fourth-order valence-corrected chi connectivity index (χ4v) is 1.71. The Bertz CT molecular complexity index is 389. The van der Waals surface area contributed by atoms with Crippen molar-refractivity contribution in [3.8, 4) is 5.75 Å². The summed E-state index contributed by atoms with van der Waals surface area (Å²) in [5, 5.41) is 12.4. The van der Waals surface area contributed by atoms with Crippen LogP contribution in [-0.2, 0) is 4.74 Å². The normalized spacial score (nSPS) is 20.6. The average Bonchev–Trinajstić information content (AvgIpc) is 2.22. The maximum Gasteiger partial charge on any atom is 0.407 e. The van der Waals surface area contributed by atoms with Gasteiger partial charge in [-0.1, -0.05) is 17.7 Å². The molecule has 1 aliphatic heterocycles. The van der Waals surface area contributed by atoms with Crippen LogP contribution in [0.3, 0.4) is 0 Å². The number of carbonyl (C=O) groups is 1. The van der Waals surface area contributed by atoms with Crippen molar-refractivity contribution in [2.75, 3.05) is 6.61 Å². The molecule has 0 saturated carbocycles. The monoisotopic (exact) mass is 207 g/mol. The maximum atomic E-state index is 11.0. The number of cyclic esters (lactones) is 1. The smallest absolute Gasteiger partial charge is 0.407 e. The van der Waals surface area contributed by atoms with E-state index in [2.05, 4.69) is 5.32 Å². The Kier molecular flexibility index (Phi) is 2.49. The lowest BCUT2D eigenvalue weighted by atomic mass is 10.0. The van der Waals surface area contributed by atoms with Gasteiger partial charge in [0.1, 0.15) is 5.75 Å². The Balaban J connectivity index is 2.27. The van der Waals surface area contributed by atoms with Crippen molar-refractivity contribution in [1.82, 2.24) is 5.32 Å². The Hall–Kier alpha value is -1.71. The molecule has 1 heterocycles. The predicted molar refractivity (Wildman–Crippen MR) is 54.7 cm³/mol. The molecule has 1 aliphatic rings. The fourth-order valence-electron chi connectivity index (χ4n) is 1.71. The van der Waals surface area contributed by atoms with Gasteiger partial charge in [-0.05, 0) is 13.0 Å². The predicted octanol–water partition coefficient (Wildman–Crippen LogP) is 1.87. The molecule has 0 aromatic heterocycles. The molecule has 1 saturated heterocycles. The molecule has 1 atom stereocenters. The summed E-state index contributed by atoms with van der Waals surface area (Å²) in [7, 11) is 0. The number of aromatic hydroxyl groups is 1. The number of phenols is 1. The number of amides is 1. The minimum absolute atomic E-state index is 0.147. The van der Waals surface area contributed by atoms with Crippen LogP contribution in [0.2, 0.25) is 0 Å². The molecule has 4 nitrogen and oxygen atoms in total. The van der Waals surface area contributed by atoms with Gasteiger partial charge in [-0.15, -0.1) is 0 Å². The van der Waals surface area contributed by atoms with E-state index < -0.39 is 6.09 Å². The summed E-state index contributed by atoms with van der Waals surface area (Å²) in [6.45, 7) is 2.34. The molecule has 0 aliphatic carbocycles. The summed E-state index contributed by atoms with van der Waals surface area (Å²) in [6, 6.07) is 5.21. The lowest BCUT2D eigenvalue weighted by Gasteiger charge is -2.24. The molecular formula is C11H13NO3. The van der Waals surface area contributed by atoms with Gasteiger partial charge in [0.25, 0.3) is 0 Å². The summed E-state index contributed by atoms with van der Waals surface area (Å²) in [5.41, 5.74) is 1.81. The van der Waals surface area contributed by atoms with Gasteiger partial charge >= 0.3 is 6.09 Å². The minimum atomic E-state index is -0.424. The molecule has 0 bridgehead atoms. The van der Waals surface area contributed by atoms with Crippen LogP contribution in [0, 0.1) is 6.92 Å². The van der Waals surface area contributed by atoms with Gasteiger partial charge in [-0.3, -0.25) is 0 Å². The third-order valence-electron chi connectivity index (χ3n) is 2.49. The zero-order chi connectivity index (χ0) is 10.8. The van der Waals surface area contributed by atoms with Gasteiger partial charge in [0.05, 0.1) is 12.6 Å². The van der Waals surface area contributed by atoms with Crippen LogP contribution in [0.15, 0.2) is 18.2 Å². The summed E-state index contributed by atoms with van der Waals surface area (Å²) < 4.78 is 4.77. The van der Waals surface area contributed by atoms with Crippen molar-refractivity contribution in [3.05, 3.63) is 29.3 Å². The molecule has 1 aromatic rings. The van der Waals surface area contributed by atoms with Crippen LogP contribution < -0.4 is 5.32 Å². The highest BCUT2D eigenvalue weighted by Gasteiger charge is 2.22. The minimum Gasteiger partial charge on any atom is -0.508 e. The third kappa shape index (κ3) is 2.03. The van der Waals surface area contributed by atoms with E-state index >= 15 is 0 Å². The second kappa shape index (κ2) is 3.81. The van der Waals surface area contributed by atoms with Crippen molar-refractivity contribution in [2.24, 2.45) is 0 Å². The number of alkyl carbamates (subject to hydrolysis) is 1. The number of nitrogens with one attached hydrogen (secondary N) is 1. The number of hydrogen-bond acceptors (Lipinski definition) is 3. The SMILES string of the molecule is Cc1ccc(O)c([C@@H]2CCOC(=O)N2)c1. The van der Waals surface area contributed by atoms with E-state index in [-0.39, 0.29) is 11.8 Å². The molecule has 2 rings (SSSR count). The average molecular weight is 207 g/mol. The Morgan fingerprint density at radius 3 is 3.07 bits per heavy atom. The summed E-state index contributed by atoms with van der Waals surface area (Å²) in [5.74, 6) is 0.216. The van der Waals surface area contributed by atoms with Gasteiger partial charge in [0.15, 0.2) is 0 Å². The molecule has 0 unspecified atom stereocenters. The van der Waals surface area contributed by atoms with E-state index in [1.54, 1.807) is 6.07 Å². The van der Waals surface area contributed by atoms with Crippen molar-refractivity contribution in [1.29, 1.82) is 0 Å². The van der Waals surface area contributed by atoms with Gasteiger partial charge in [0.2, 0.25) is 0 Å². The lowest BCUT2D eigenvalue weighted by molar-refractivity contribution is 0.115. The number of phenolic OH excluding ortho intramolecular Hbond substituents is 1. The van der Waals surface area contributed by atoms with Crippen LogP contribution in [0.4, 0.5) is 4.79 Å². The summed E-state index contributed by atoms with van der Waals surface area (Å²) in [6.07, 6.45) is 0.259. The zero-order valence-corrected chi connectivity index (χ0v) is 8.49. The summed E-state index contributed by atoms with van der Waals surface area (Å²) >= 11 is 0.